The quantitative estimate of drug-likeness (QED) is 0.650. The number of rotatable bonds is 5. The molecule has 3 N–H and O–H groups in total. The SMILES string of the molecule is CNc1cc(C(=O)N[C@H](c2cnc3ccccc3c2)C2CC(O)C2)ccn1. The summed E-state index contributed by atoms with van der Waals surface area (Å²) in [7, 11) is 1.77. The van der Waals surface area contributed by atoms with E-state index in [1.807, 2.05) is 30.5 Å². The van der Waals surface area contributed by atoms with Crippen LogP contribution >= 0.6 is 0 Å². The molecule has 4 rings (SSSR count). The van der Waals surface area contributed by atoms with E-state index in [1.165, 1.54) is 0 Å². The summed E-state index contributed by atoms with van der Waals surface area (Å²) in [6, 6.07) is 13.2. The molecule has 0 bridgehead atoms. The van der Waals surface area contributed by atoms with Gasteiger partial charge in [0.1, 0.15) is 5.82 Å². The summed E-state index contributed by atoms with van der Waals surface area (Å²) in [5, 5.41) is 16.9. The third-order valence-corrected chi connectivity index (χ3v) is 5.16. The van der Waals surface area contributed by atoms with Crippen molar-refractivity contribution in [1.29, 1.82) is 0 Å². The molecule has 2 aromatic heterocycles. The van der Waals surface area contributed by atoms with Gasteiger partial charge in [-0.05, 0) is 48.6 Å². The molecule has 1 aliphatic rings. The first-order valence-electron chi connectivity index (χ1n) is 9.11. The summed E-state index contributed by atoms with van der Waals surface area (Å²) >= 11 is 0. The molecule has 0 radical (unpaired) electrons. The molecule has 1 fully saturated rings. The number of fused-ring (bicyclic) bond motifs is 1. The molecule has 1 atom stereocenters. The Kier molecular flexibility index (Phi) is 4.73. The van der Waals surface area contributed by atoms with E-state index in [2.05, 4.69) is 26.7 Å². The van der Waals surface area contributed by atoms with Crippen LogP contribution < -0.4 is 10.6 Å². The Bertz CT molecular complexity index is 969. The van der Waals surface area contributed by atoms with E-state index in [1.54, 1.807) is 25.4 Å². The molecule has 1 saturated carbocycles. The monoisotopic (exact) mass is 362 g/mol. The van der Waals surface area contributed by atoms with E-state index >= 15 is 0 Å². The lowest BCUT2D eigenvalue weighted by atomic mass is 9.75. The molecule has 27 heavy (non-hydrogen) atoms. The van der Waals surface area contributed by atoms with Crippen LogP contribution in [-0.2, 0) is 0 Å². The lowest BCUT2D eigenvalue weighted by Gasteiger charge is -2.38. The van der Waals surface area contributed by atoms with Crippen LogP contribution in [0.25, 0.3) is 10.9 Å². The fourth-order valence-electron chi connectivity index (χ4n) is 3.57. The van der Waals surface area contributed by atoms with Gasteiger partial charge in [-0.1, -0.05) is 18.2 Å². The highest BCUT2D eigenvalue weighted by Gasteiger charge is 2.36. The number of nitrogens with zero attached hydrogens (tertiary/aromatic N) is 2. The average Bonchev–Trinajstić information content (AvgIpc) is 2.69. The number of aliphatic hydroxyl groups is 1. The Labute approximate surface area is 157 Å². The summed E-state index contributed by atoms with van der Waals surface area (Å²) in [5.74, 6) is 0.677. The van der Waals surface area contributed by atoms with Crippen molar-refractivity contribution in [2.75, 3.05) is 12.4 Å². The maximum Gasteiger partial charge on any atom is 0.251 e. The van der Waals surface area contributed by atoms with Crippen molar-refractivity contribution in [2.45, 2.75) is 25.0 Å². The molecular formula is C21H22N4O2. The number of aliphatic hydroxyl groups excluding tert-OH is 1. The second-order valence-corrected chi connectivity index (χ2v) is 6.98. The first kappa shape index (κ1) is 17.4. The van der Waals surface area contributed by atoms with Crippen LogP contribution in [-0.4, -0.2) is 34.1 Å². The van der Waals surface area contributed by atoms with Gasteiger partial charge in [-0.3, -0.25) is 9.78 Å². The number of para-hydroxylation sites is 1. The van der Waals surface area contributed by atoms with Gasteiger partial charge in [-0.2, -0.15) is 0 Å². The van der Waals surface area contributed by atoms with Gasteiger partial charge >= 0.3 is 0 Å². The van der Waals surface area contributed by atoms with Crippen molar-refractivity contribution >= 4 is 22.6 Å². The lowest BCUT2D eigenvalue weighted by molar-refractivity contribution is 0.0235. The molecule has 6 heteroatoms. The zero-order chi connectivity index (χ0) is 18.8. The predicted octanol–water partition coefficient (Wildman–Crippen LogP) is 2.91. The molecule has 1 amide bonds. The van der Waals surface area contributed by atoms with Crippen LogP contribution in [0, 0.1) is 5.92 Å². The third-order valence-electron chi connectivity index (χ3n) is 5.16. The van der Waals surface area contributed by atoms with E-state index in [0.29, 0.717) is 24.2 Å². The third kappa shape index (κ3) is 3.61. The number of hydrogen-bond donors (Lipinski definition) is 3. The van der Waals surface area contributed by atoms with Gasteiger partial charge in [0.25, 0.3) is 5.91 Å². The molecule has 1 aliphatic carbocycles. The van der Waals surface area contributed by atoms with Crippen LogP contribution in [0.1, 0.15) is 34.8 Å². The molecule has 0 unspecified atom stereocenters. The van der Waals surface area contributed by atoms with Gasteiger partial charge in [0.05, 0.1) is 17.7 Å². The number of hydrogen-bond acceptors (Lipinski definition) is 5. The normalized spacial score (nSPS) is 19.9. The molecule has 1 aromatic carbocycles. The Morgan fingerprint density at radius 2 is 2.00 bits per heavy atom. The fourth-order valence-corrected chi connectivity index (χ4v) is 3.57. The molecule has 0 aliphatic heterocycles. The van der Waals surface area contributed by atoms with Crippen molar-refractivity contribution < 1.29 is 9.90 Å². The average molecular weight is 362 g/mol. The number of benzene rings is 1. The van der Waals surface area contributed by atoms with Crippen molar-refractivity contribution in [3.8, 4) is 0 Å². The maximum atomic E-state index is 12.8. The fraction of sp³-hybridized carbons (Fsp3) is 0.286. The Balaban J connectivity index is 1.63. The molecule has 2 heterocycles. The van der Waals surface area contributed by atoms with Gasteiger partial charge in [-0.25, -0.2) is 4.98 Å². The standard InChI is InChI=1S/C21H22N4O2/c1-22-19-11-14(6-7-23-19)21(27)25-20(15-9-17(26)10-15)16-8-13-4-2-3-5-18(13)24-12-16/h2-8,11-12,15,17,20,26H,9-10H2,1H3,(H,22,23)(H,25,27)/t15?,17?,20-/m0/s1. The number of anilines is 1. The number of nitrogens with one attached hydrogen (secondary N) is 2. The van der Waals surface area contributed by atoms with E-state index in [4.69, 9.17) is 0 Å². The molecular weight excluding hydrogens is 340 g/mol. The highest BCUT2D eigenvalue weighted by atomic mass is 16.3. The number of carbonyl (C=O) groups is 1. The number of amides is 1. The Hall–Kier alpha value is -2.99. The Morgan fingerprint density at radius 3 is 2.78 bits per heavy atom. The van der Waals surface area contributed by atoms with E-state index < -0.39 is 0 Å². The van der Waals surface area contributed by atoms with Crippen LogP contribution in [0.15, 0.2) is 54.9 Å². The minimum absolute atomic E-state index is 0.159. The summed E-state index contributed by atoms with van der Waals surface area (Å²) < 4.78 is 0. The highest BCUT2D eigenvalue weighted by molar-refractivity contribution is 5.95. The summed E-state index contributed by atoms with van der Waals surface area (Å²) in [6.45, 7) is 0. The predicted molar refractivity (Wildman–Crippen MR) is 104 cm³/mol. The van der Waals surface area contributed by atoms with E-state index in [-0.39, 0.29) is 24.0 Å². The van der Waals surface area contributed by atoms with Crippen LogP contribution in [0.3, 0.4) is 0 Å². The summed E-state index contributed by atoms with van der Waals surface area (Å²) in [6.07, 6.45) is 4.50. The van der Waals surface area contributed by atoms with Gasteiger partial charge in [-0.15, -0.1) is 0 Å². The van der Waals surface area contributed by atoms with Crippen LogP contribution in [0.4, 0.5) is 5.82 Å². The topological polar surface area (TPSA) is 87.1 Å². The van der Waals surface area contributed by atoms with E-state index in [9.17, 15) is 9.90 Å². The second kappa shape index (κ2) is 7.32. The van der Waals surface area contributed by atoms with Crippen molar-refractivity contribution in [3.63, 3.8) is 0 Å². The minimum Gasteiger partial charge on any atom is -0.393 e. The summed E-state index contributed by atoms with van der Waals surface area (Å²) in [5.41, 5.74) is 2.43. The second-order valence-electron chi connectivity index (χ2n) is 6.98. The van der Waals surface area contributed by atoms with Gasteiger partial charge < -0.3 is 15.7 Å². The lowest BCUT2D eigenvalue weighted by Crippen LogP contribution is -2.41. The highest BCUT2D eigenvalue weighted by Crippen LogP contribution is 2.38. The molecule has 0 saturated heterocycles. The Morgan fingerprint density at radius 1 is 1.19 bits per heavy atom. The first-order valence-corrected chi connectivity index (χ1v) is 9.11. The van der Waals surface area contributed by atoms with Gasteiger partial charge in [0, 0.05) is 30.4 Å². The number of aromatic nitrogens is 2. The van der Waals surface area contributed by atoms with E-state index in [0.717, 1.165) is 16.5 Å². The number of carbonyl (C=O) groups excluding carboxylic acids is 1. The molecule has 3 aromatic rings. The largest absolute Gasteiger partial charge is 0.393 e. The maximum absolute atomic E-state index is 12.8. The number of pyridine rings is 2. The van der Waals surface area contributed by atoms with Crippen LogP contribution in [0.2, 0.25) is 0 Å². The minimum atomic E-state index is -0.292. The molecule has 6 nitrogen and oxygen atoms in total. The zero-order valence-electron chi connectivity index (χ0n) is 15.1. The first-order chi connectivity index (χ1) is 13.1. The van der Waals surface area contributed by atoms with Crippen molar-refractivity contribution in [2.24, 2.45) is 5.92 Å². The van der Waals surface area contributed by atoms with Gasteiger partial charge in [0.2, 0.25) is 0 Å². The summed E-state index contributed by atoms with van der Waals surface area (Å²) in [4.78, 5) is 21.5. The zero-order valence-corrected chi connectivity index (χ0v) is 15.1. The smallest absolute Gasteiger partial charge is 0.251 e. The van der Waals surface area contributed by atoms with Crippen molar-refractivity contribution in [1.82, 2.24) is 15.3 Å². The van der Waals surface area contributed by atoms with Crippen LogP contribution in [0.5, 0.6) is 0 Å². The van der Waals surface area contributed by atoms with Crippen molar-refractivity contribution in [3.05, 3.63) is 66.0 Å². The van der Waals surface area contributed by atoms with Gasteiger partial charge in [0.15, 0.2) is 0 Å². The molecule has 0 spiro atoms. The molecule has 138 valence electrons.